The van der Waals surface area contributed by atoms with Gasteiger partial charge in [0.25, 0.3) is 5.56 Å². The summed E-state index contributed by atoms with van der Waals surface area (Å²) in [5.74, 6) is 0. The van der Waals surface area contributed by atoms with Gasteiger partial charge in [-0.1, -0.05) is 12.2 Å². The number of aromatic amines is 1. The number of aryl methyl sites for hydroxylation is 1. The third-order valence-electron chi connectivity index (χ3n) is 2.04. The van der Waals surface area contributed by atoms with Gasteiger partial charge in [-0.15, -0.1) is 0 Å². The molecule has 6 heteroatoms. The second kappa shape index (κ2) is 5.43. The standard InChI is InChI=1S/C10H14N2O4/c1-7-5-12(10(16)11-9(7)15)4-2-3-8(14)6-13/h2-3,5,8,13-14H,4,6H2,1H3,(H,11,15,16)/b3-2+. The van der Waals surface area contributed by atoms with Crippen molar-refractivity contribution in [3.05, 3.63) is 44.8 Å². The number of aromatic nitrogens is 2. The number of nitrogens with one attached hydrogen (secondary N) is 1. The molecule has 0 aliphatic rings. The summed E-state index contributed by atoms with van der Waals surface area (Å²) in [6.45, 7) is 1.46. The van der Waals surface area contributed by atoms with E-state index in [4.69, 9.17) is 10.2 Å². The molecule has 16 heavy (non-hydrogen) atoms. The van der Waals surface area contributed by atoms with E-state index in [1.165, 1.54) is 16.8 Å². The molecule has 0 amide bonds. The molecule has 6 nitrogen and oxygen atoms in total. The van der Waals surface area contributed by atoms with Crippen LogP contribution in [0.2, 0.25) is 0 Å². The van der Waals surface area contributed by atoms with Gasteiger partial charge in [-0.25, -0.2) is 4.79 Å². The summed E-state index contributed by atoms with van der Waals surface area (Å²) in [4.78, 5) is 24.5. The van der Waals surface area contributed by atoms with Crippen LogP contribution in [0.15, 0.2) is 27.9 Å². The predicted octanol–water partition coefficient (Wildman–Crippen LogP) is -1.25. The average Bonchev–Trinajstić information content (AvgIpc) is 2.25. The van der Waals surface area contributed by atoms with Gasteiger partial charge in [-0.2, -0.15) is 0 Å². The van der Waals surface area contributed by atoms with Crippen LogP contribution in [-0.4, -0.2) is 32.5 Å². The molecule has 1 aromatic heterocycles. The molecule has 0 radical (unpaired) electrons. The number of aliphatic hydroxyl groups excluding tert-OH is 2. The topological polar surface area (TPSA) is 95.3 Å². The van der Waals surface area contributed by atoms with Crippen LogP contribution in [0.3, 0.4) is 0 Å². The average molecular weight is 226 g/mol. The van der Waals surface area contributed by atoms with E-state index in [1.807, 2.05) is 0 Å². The monoisotopic (exact) mass is 226 g/mol. The Labute approximate surface area is 91.5 Å². The highest BCUT2D eigenvalue weighted by atomic mass is 16.3. The summed E-state index contributed by atoms with van der Waals surface area (Å²) < 4.78 is 1.30. The van der Waals surface area contributed by atoms with Gasteiger partial charge in [0.15, 0.2) is 0 Å². The molecule has 0 fully saturated rings. The van der Waals surface area contributed by atoms with Crippen molar-refractivity contribution in [3.8, 4) is 0 Å². The van der Waals surface area contributed by atoms with Gasteiger partial charge in [0.1, 0.15) is 0 Å². The van der Waals surface area contributed by atoms with E-state index in [1.54, 1.807) is 13.0 Å². The summed E-state index contributed by atoms with van der Waals surface area (Å²) in [5, 5.41) is 17.6. The van der Waals surface area contributed by atoms with Crippen LogP contribution in [0.25, 0.3) is 0 Å². The Bertz CT molecular complexity index is 486. The number of hydrogen-bond donors (Lipinski definition) is 3. The van der Waals surface area contributed by atoms with Crippen LogP contribution in [0, 0.1) is 6.92 Å². The zero-order chi connectivity index (χ0) is 12.1. The lowest BCUT2D eigenvalue weighted by Gasteiger charge is -2.03. The van der Waals surface area contributed by atoms with Gasteiger partial charge in [0.2, 0.25) is 0 Å². The number of H-pyrrole nitrogens is 1. The molecule has 88 valence electrons. The second-order valence-electron chi connectivity index (χ2n) is 3.40. The van der Waals surface area contributed by atoms with Crippen molar-refractivity contribution in [2.45, 2.75) is 19.6 Å². The first kappa shape index (κ1) is 12.4. The van der Waals surface area contributed by atoms with Gasteiger partial charge in [-0.05, 0) is 6.92 Å². The minimum Gasteiger partial charge on any atom is -0.393 e. The highest BCUT2D eigenvalue weighted by Crippen LogP contribution is 1.88. The van der Waals surface area contributed by atoms with E-state index in [2.05, 4.69) is 4.98 Å². The fraction of sp³-hybridized carbons (Fsp3) is 0.400. The van der Waals surface area contributed by atoms with Crippen molar-refractivity contribution in [3.63, 3.8) is 0 Å². The third kappa shape index (κ3) is 3.18. The summed E-state index contributed by atoms with van der Waals surface area (Å²) in [6, 6.07) is 0. The van der Waals surface area contributed by atoms with Gasteiger partial charge < -0.3 is 10.2 Å². The Morgan fingerprint density at radius 2 is 2.25 bits per heavy atom. The number of aliphatic hydroxyl groups is 2. The fourth-order valence-corrected chi connectivity index (χ4v) is 1.15. The summed E-state index contributed by atoms with van der Waals surface area (Å²) in [7, 11) is 0. The number of nitrogens with zero attached hydrogens (tertiary/aromatic N) is 1. The Hall–Kier alpha value is -1.66. The first-order valence-corrected chi connectivity index (χ1v) is 4.80. The van der Waals surface area contributed by atoms with Crippen molar-refractivity contribution >= 4 is 0 Å². The quantitative estimate of drug-likeness (QED) is 0.559. The highest BCUT2D eigenvalue weighted by molar-refractivity contribution is 5.01. The van der Waals surface area contributed by atoms with Crippen molar-refractivity contribution < 1.29 is 10.2 Å². The SMILES string of the molecule is Cc1cn(C/C=C/C(O)CO)c(=O)[nH]c1=O. The normalized spacial score (nSPS) is 13.2. The van der Waals surface area contributed by atoms with E-state index in [0.717, 1.165) is 0 Å². The Kier molecular flexibility index (Phi) is 4.21. The van der Waals surface area contributed by atoms with Gasteiger partial charge in [0, 0.05) is 18.3 Å². The molecule has 0 saturated heterocycles. The third-order valence-corrected chi connectivity index (χ3v) is 2.04. The number of rotatable bonds is 4. The van der Waals surface area contributed by atoms with Crippen molar-refractivity contribution in [2.75, 3.05) is 6.61 Å². The van der Waals surface area contributed by atoms with Crippen LogP contribution >= 0.6 is 0 Å². The van der Waals surface area contributed by atoms with Gasteiger partial charge in [-0.3, -0.25) is 14.3 Å². The second-order valence-corrected chi connectivity index (χ2v) is 3.40. The molecule has 3 N–H and O–H groups in total. The zero-order valence-electron chi connectivity index (χ0n) is 8.88. The molecular weight excluding hydrogens is 212 g/mol. The maximum atomic E-state index is 11.3. The molecule has 0 aliphatic heterocycles. The van der Waals surface area contributed by atoms with Gasteiger partial charge in [0.05, 0.1) is 12.7 Å². The van der Waals surface area contributed by atoms with Crippen LogP contribution in [0.1, 0.15) is 5.56 Å². The molecule has 1 rings (SSSR count). The van der Waals surface area contributed by atoms with E-state index < -0.39 is 17.4 Å². The lowest BCUT2D eigenvalue weighted by Crippen LogP contribution is -2.30. The Balaban J connectivity index is 2.83. The van der Waals surface area contributed by atoms with Crippen molar-refractivity contribution in [1.29, 1.82) is 0 Å². The largest absolute Gasteiger partial charge is 0.393 e. The smallest absolute Gasteiger partial charge is 0.328 e. The van der Waals surface area contributed by atoms with Crippen LogP contribution in [0.4, 0.5) is 0 Å². The molecule has 1 unspecified atom stereocenters. The minimum atomic E-state index is -0.931. The Morgan fingerprint density at radius 3 is 2.88 bits per heavy atom. The zero-order valence-corrected chi connectivity index (χ0v) is 8.88. The van der Waals surface area contributed by atoms with Gasteiger partial charge >= 0.3 is 5.69 Å². The maximum Gasteiger partial charge on any atom is 0.328 e. The maximum absolute atomic E-state index is 11.3. The van der Waals surface area contributed by atoms with Crippen LogP contribution in [-0.2, 0) is 6.54 Å². The molecule has 0 aliphatic carbocycles. The molecule has 1 aromatic rings. The Morgan fingerprint density at radius 1 is 1.56 bits per heavy atom. The van der Waals surface area contributed by atoms with Crippen LogP contribution in [0.5, 0.6) is 0 Å². The molecule has 0 spiro atoms. The minimum absolute atomic E-state index is 0.230. The fourth-order valence-electron chi connectivity index (χ4n) is 1.15. The van der Waals surface area contributed by atoms with Crippen molar-refractivity contribution in [2.24, 2.45) is 0 Å². The lowest BCUT2D eigenvalue weighted by atomic mass is 10.3. The van der Waals surface area contributed by atoms with E-state index in [9.17, 15) is 9.59 Å². The summed E-state index contributed by atoms with van der Waals surface area (Å²) >= 11 is 0. The first-order valence-electron chi connectivity index (χ1n) is 4.80. The molecule has 1 heterocycles. The molecule has 1 atom stereocenters. The first-order chi connectivity index (χ1) is 7.54. The molecule has 0 saturated carbocycles. The molecular formula is C10H14N2O4. The summed E-state index contributed by atoms with van der Waals surface area (Å²) in [5.41, 5.74) is -0.463. The number of hydrogen-bond acceptors (Lipinski definition) is 4. The van der Waals surface area contributed by atoms with E-state index in [0.29, 0.717) is 5.56 Å². The molecule has 0 bridgehead atoms. The van der Waals surface area contributed by atoms with Crippen molar-refractivity contribution in [1.82, 2.24) is 9.55 Å². The number of allylic oxidation sites excluding steroid dienone is 1. The summed E-state index contributed by atoms with van der Waals surface area (Å²) in [6.07, 6.45) is 3.43. The van der Waals surface area contributed by atoms with E-state index in [-0.39, 0.29) is 13.2 Å². The van der Waals surface area contributed by atoms with Crippen LogP contribution < -0.4 is 11.2 Å². The lowest BCUT2D eigenvalue weighted by molar-refractivity contribution is 0.131. The van der Waals surface area contributed by atoms with E-state index >= 15 is 0 Å². The molecule has 0 aromatic carbocycles. The highest BCUT2D eigenvalue weighted by Gasteiger charge is 1.99. The predicted molar refractivity (Wildman–Crippen MR) is 58.3 cm³/mol.